The van der Waals surface area contributed by atoms with Gasteiger partial charge in [0.05, 0.1) is 0 Å². The van der Waals surface area contributed by atoms with Gasteiger partial charge >= 0.3 is 0 Å². The molecule has 0 aromatic carbocycles. The van der Waals surface area contributed by atoms with Gasteiger partial charge in [0, 0.05) is 12.1 Å². The highest BCUT2D eigenvalue weighted by Crippen LogP contribution is 2.35. The number of hydrogen-bond acceptors (Lipinski definition) is 1. The lowest BCUT2D eigenvalue weighted by Gasteiger charge is -2.41. The van der Waals surface area contributed by atoms with Crippen molar-refractivity contribution in [3.05, 3.63) is 0 Å². The van der Waals surface area contributed by atoms with Gasteiger partial charge in [-0.05, 0) is 37.5 Å². The van der Waals surface area contributed by atoms with E-state index >= 15 is 0 Å². The van der Waals surface area contributed by atoms with Gasteiger partial charge in [-0.2, -0.15) is 0 Å². The molecule has 0 aromatic heterocycles. The molecule has 1 saturated carbocycles. The monoisotopic (exact) mass is 225 g/mol. The Bertz CT molecular complexity index is 198. The van der Waals surface area contributed by atoms with E-state index in [1.165, 1.54) is 38.5 Å². The molecule has 0 aromatic rings. The first-order chi connectivity index (χ1) is 7.45. The Morgan fingerprint density at radius 1 is 1.25 bits per heavy atom. The topological polar surface area (TPSA) is 12.0 Å². The molecule has 0 amide bonds. The van der Waals surface area contributed by atoms with Crippen LogP contribution in [0.25, 0.3) is 0 Å². The second-order valence-corrected chi connectivity index (χ2v) is 6.60. The maximum atomic E-state index is 3.87. The molecular formula is C15H31N. The van der Waals surface area contributed by atoms with Gasteiger partial charge in [-0.3, -0.25) is 0 Å². The second kappa shape index (κ2) is 6.05. The maximum Gasteiger partial charge on any atom is 0.0121 e. The average Bonchev–Trinajstić information content (AvgIpc) is 2.21. The van der Waals surface area contributed by atoms with E-state index < -0.39 is 0 Å². The van der Waals surface area contributed by atoms with Gasteiger partial charge in [0.25, 0.3) is 0 Å². The molecule has 0 bridgehead atoms. The van der Waals surface area contributed by atoms with Crippen LogP contribution < -0.4 is 5.32 Å². The van der Waals surface area contributed by atoms with Gasteiger partial charge in [-0.25, -0.2) is 0 Å². The van der Waals surface area contributed by atoms with Crippen LogP contribution in [0.4, 0.5) is 0 Å². The lowest BCUT2D eigenvalue weighted by molar-refractivity contribution is 0.152. The zero-order chi connectivity index (χ0) is 12.2. The van der Waals surface area contributed by atoms with Crippen molar-refractivity contribution in [3.63, 3.8) is 0 Å². The van der Waals surface area contributed by atoms with Crippen LogP contribution in [0.3, 0.4) is 0 Å². The van der Waals surface area contributed by atoms with Gasteiger partial charge in [-0.15, -0.1) is 0 Å². The van der Waals surface area contributed by atoms with E-state index in [0.29, 0.717) is 11.5 Å². The second-order valence-electron chi connectivity index (χ2n) is 6.60. The normalized spacial score (nSPS) is 28.7. The van der Waals surface area contributed by atoms with Crippen LogP contribution in [0.2, 0.25) is 0 Å². The molecule has 1 heteroatoms. The molecule has 0 heterocycles. The summed E-state index contributed by atoms with van der Waals surface area (Å²) in [5.74, 6) is 0.856. The van der Waals surface area contributed by atoms with Crippen molar-refractivity contribution >= 4 is 0 Å². The van der Waals surface area contributed by atoms with Crippen molar-refractivity contribution in [2.45, 2.75) is 85.2 Å². The third-order valence-electron chi connectivity index (χ3n) is 4.45. The molecule has 1 N–H and O–H groups in total. The van der Waals surface area contributed by atoms with Crippen LogP contribution in [-0.4, -0.2) is 12.1 Å². The molecule has 0 radical (unpaired) electrons. The highest BCUT2D eigenvalue weighted by atomic mass is 15.0. The molecule has 1 rings (SSSR count). The summed E-state index contributed by atoms with van der Waals surface area (Å²) in [5, 5.41) is 3.87. The summed E-state index contributed by atoms with van der Waals surface area (Å²) in [7, 11) is 0. The molecule has 1 aliphatic rings. The molecule has 3 atom stereocenters. The number of rotatable bonds is 5. The van der Waals surface area contributed by atoms with Gasteiger partial charge < -0.3 is 5.32 Å². The summed E-state index contributed by atoms with van der Waals surface area (Å²) in [4.78, 5) is 0. The number of hydrogen-bond donors (Lipinski definition) is 1. The summed E-state index contributed by atoms with van der Waals surface area (Å²) >= 11 is 0. The smallest absolute Gasteiger partial charge is 0.0121 e. The highest BCUT2D eigenvalue weighted by Gasteiger charge is 2.32. The van der Waals surface area contributed by atoms with Gasteiger partial charge in [0.15, 0.2) is 0 Å². The Kier molecular flexibility index (Phi) is 5.30. The van der Waals surface area contributed by atoms with E-state index in [2.05, 4.69) is 39.9 Å². The van der Waals surface area contributed by atoms with Crippen molar-refractivity contribution in [1.29, 1.82) is 0 Å². The Balaban J connectivity index is 2.39. The predicted octanol–water partition coefficient (Wildman–Crippen LogP) is 4.37. The van der Waals surface area contributed by atoms with E-state index in [1.807, 2.05) is 0 Å². The Morgan fingerprint density at radius 3 is 2.50 bits per heavy atom. The van der Waals surface area contributed by atoms with E-state index in [4.69, 9.17) is 0 Å². The van der Waals surface area contributed by atoms with Gasteiger partial charge in [0.1, 0.15) is 0 Å². The largest absolute Gasteiger partial charge is 0.311 e. The first-order valence-corrected chi connectivity index (χ1v) is 7.21. The molecule has 1 aliphatic carbocycles. The molecule has 96 valence electrons. The standard InChI is InChI=1S/C15H31N/c1-6-12(2)11-13(3)16-14-9-7-8-10-15(14,4)5/h12-14,16H,6-11H2,1-5H3. The molecule has 1 nitrogen and oxygen atoms in total. The summed E-state index contributed by atoms with van der Waals surface area (Å²) in [6.07, 6.45) is 8.23. The predicted molar refractivity (Wildman–Crippen MR) is 72.7 cm³/mol. The van der Waals surface area contributed by atoms with Crippen LogP contribution in [0, 0.1) is 11.3 Å². The highest BCUT2D eigenvalue weighted by molar-refractivity contribution is 4.89. The van der Waals surface area contributed by atoms with Crippen LogP contribution >= 0.6 is 0 Å². The van der Waals surface area contributed by atoms with Crippen molar-refractivity contribution in [3.8, 4) is 0 Å². The van der Waals surface area contributed by atoms with Crippen molar-refractivity contribution in [2.24, 2.45) is 11.3 Å². The van der Waals surface area contributed by atoms with Gasteiger partial charge in [-0.1, -0.05) is 47.0 Å². The molecule has 1 fully saturated rings. The molecule has 16 heavy (non-hydrogen) atoms. The first-order valence-electron chi connectivity index (χ1n) is 7.21. The fourth-order valence-corrected chi connectivity index (χ4v) is 2.98. The lowest BCUT2D eigenvalue weighted by atomic mass is 9.73. The van der Waals surface area contributed by atoms with Crippen LogP contribution in [0.5, 0.6) is 0 Å². The lowest BCUT2D eigenvalue weighted by Crippen LogP contribution is -2.48. The third-order valence-corrected chi connectivity index (χ3v) is 4.45. The molecule has 0 aliphatic heterocycles. The molecular weight excluding hydrogens is 194 g/mol. The van der Waals surface area contributed by atoms with E-state index in [0.717, 1.165) is 12.0 Å². The van der Waals surface area contributed by atoms with Gasteiger partial charge in [0.2, 0.25) is 0 Å². The Hall–Kier alpha value is -0.0400. The zero-order valence-corrected chi connectivity index (χ0v) is 12.0. The minimum absolute atomic E-state index is 0.502. The van der Waals surface area contributed by atoms with E-state index in [-0.39, 0.29) is 0 Å². The molecule has 0 spiro atoms. The minimum atomic E-state index is 0.502. The minimum Gasteiger partial charge on any atom is -0.311 e. The first kappa shape index (κ1) is 14.0. The van der Waals surface area contributed by atoms with Crippen molar-refractivity contribution in [1.82, 2.24) is 5.32 Å². The van der Waals surface area contributed by atoms with Crippen molar-refractivity contribution in [2.75, 3.05) is 0 Å². The summed E-state index contributed by atoms with van der Waals surface area (Å²) in [6.45, 7) is 11.9. The van der Waals surface area contributed by atoms with E-state index in [9.17, 15) is 0 Å². The van der Waals surface area contributed by atoms with Crippen LogP contribution in [-0.2, 0) is 0 Å². The van der Waals surface area contributed by atoms with Crippen LogP contribution in [0.15, 0.2) is 0 Å². The average molecular weight is 225 g/mol. The van der Waals surface area contributed by atoms with Crippen molar-refractivity contribution < 1.29 is 0 Å². The Morgan fingerprint density at radius 2 is 1.94 bits per heavy atom. The quantitative estimate of drug-likeness (QED) is 0.732. The Labute approximate surface area is 102 Å². The summed E-state index contributed by atoms with van der Waals surface area (Å²) in [6, 6.07) is 1.41. The molecule has 3 unspecified atom stereocenters. The maximum absolute atomic E-state index is 3.87. The summed E-state index contributed by atoms with van der Waals surface area (Å²) < 4.78 is 0. The SMILES string of the molecule is CCC(C)CC(C)NC1CCCCC1(C)C. The third kappa shape index (κ3) is 4.08. The van der Waals surface area contributed by atoms with E-state index in [1.54, 1.807) is 0 Å². The van der Waals surface area contributed by atoms with Crippen LogP contribution in [0.1, 0.15) is 73.1 Å². The molecule has 0 saturated heterocycles. The fraction of sp³-hybridized carbons (Fsp3) is 1.00. The number of nitrogens with one attached hydrogen (secondary N) is 1. The zero-order valence-electron chi connectivity index (χ0n) is 12.0. The summed E-state index contributed by atoms with van der Waals surface area (Å²) in [5.41, 5.74) is 0.502. The fourth-order valence-electron chi connectivity index (χ4n) is 2.98.